The van der Waals surface area contributed by atoms with E-state index in [1.165, 1.54) is 64.2 Å². The number of hydrogen-bond donors (Lipinski definition) is 0. The molecule has 15 heavy (non-hydrogen) atoms. The van der Waals surface area contributed by atoms with Gasteiger partial charge in [0, 0.05) is 0 Å². The minimum atomic E-state index is 0.643. The van der Waals surface area contributed by atoms with Crippen LogP contribution >= 0.6 is 0 Å². The van der Waals surface area contributed by atoms with Gasteiger partial charge in [-0.3, -0.25) is 0 Å². The first-order valence-corrected chi connectivity index (χ1v) is 6.66. The van der Waals surface area contributed by atoms with Gasteiger partial charge in [0.2, 0.25) is 0 Å². The normalized spacial score (nSPS) is 19.1. The molecule has 0 saturated carbocycles. The van der Waals surface area contributed by atoms with Crippen LogP contribution in [-0.4, -0.2) is 12.7 Å². The summed E-state index contributed by atoms with van der Waals surface area (Å²) < 4.78 is 5.18. The number of rotatable bonds is 11. The van der Waals surface area contributed by atoms with E-state index in [1.807, 2.05) is 6.08 Å². The molecule has 0 N–H and O–H groups in total. The maximum atomic E-state index is 5.18. The van der Waals surface area contributed by atoms with Crippen molar-refractivity contribution in [2.75, 3.05) is 6.61 Å². The first-order valence-electron chi connectivity index (χ1n) is 6.66. The Hall–Kier alpha value is -0.300. The van der Waals surface area contributed by atoms with Crippen LogP contribution in [0.2, 0.25) is 0 Å². The molecule has 0 aromatic carbocycles. The number of ether oxygens (including phenoxy) is 1. The van der Waals surface area contributed by atoms with Gasteiger partial charge in [0.15, 0.2) is 0 Å². The summed E-state index contributed by atoms with van der Waals surface area (Å²) in [6, 6.07) is 0. The highest BCUT2D eigenvalue weighted by Gasteiger charge is 2.20. The summed E-state index contributed by atoms with van der Waals surface area (Å²) >= 11 is 0. The standard InChI is InChI=1S/C14H26O/c1-2-3-4-5-6-7-8-9-10-11-12-14-13-15-14/h2,14H,1,3-13H2. The average Bonchev–Trinajstić information content (AvgIpc) is 3.05. The van der Waals surface area contributed by atoms with Gasteiger partial charge in [-0.1, -0.05) is 51.0 Å². The Kier molecular flexibility index (Phi) is 7.63. The van der Waals surface area contributed by atoms with E-state index in [0.29, 0.717) is 6.10 Å². The lowest BCUT2D eigenvalue weighted by molar-refractivity contribution is 0.387. The van der Waals surface area contributed by atoms with Crippen LogP contribution < -0.4 is 0 Å². The summed E-state index contributed by atoms with van der Waals surface area (Å²) in [5.41, 5.74) is 0. The zero-order chi connectivity index (χ0) is 10.8. The summed E-state index contributed by atoms with van der Waals surface area (Å²) in [5.74, 6) is 0. The predicted octanol–water partition coefficient (Wildman–Crippen LogP) is 4.47. The summed E-state index contributed by atoms with van der Waals surface area (Å²) in [5, 5.41) is 0. The third kappa shape index (κ3) is 8.68. The maximum Gasteiger partial charge on any atom is 0.0810 e. The zero-order valence-corrected chi connectivity index (χ0v) is 10.0. The lowest BCUT2D eigenvalue weighted by Gasteiger charge is -2.00. The molecule has 0 amide bonds. The fourth-order valence-corrected chi connectivity index (χ4v) is 1.96. The molecule has 1 atom stereocenters. The lowest BCUT2D eigenvalue weighted by Crippen LogP contribution is -1.86. The van der Waals surface area contributed by atoms with Crippen LogP contribution in [0.5, 0.6) is 0 Å². The maximum absolute atomic E-state index is 5.18. The Balaban J connectivity index is 1.63. The molecular formula is C14H26O. The van der Waals surface area contributed by atoms with Crippen molar-refractivity contribution in [3.8, 4) is 0 Å². The zero-order valence-electron chi connectivity index (χ0n) is 10.0. The SMILES string of the molecule is C=CCCCCCCCCCCC1CO1. The van der Waals surface area contributed by atoms with E-state index in [9.17, 15) is 0 Å². The minimum Gasteiger partial charge on any atom is -0.373 e. The molecule has 1 heteroatoms. The third-order valence-electron chi connectivity index (χ3n) is 3.09. The fourth-order valence-electron chi connectivity index (χ4n) is 1.96. The van der Waals surface area contributed by atoms with Crippen LogP contribution in [0.4, 0.5) is 0 Å². The molecule has 1 fully saturated rings. The van der Waals surface area contributed by atoms with Crippen molar-refractivity contribution < 1.29 is 4.74 Å². The fraction of sp³-hybridized carbons (Fsp3) is 0.857. The van der Waals surface area contributed by atoms with E-state index in [4.69, 9.17) is 4.74 Å². The van der Waals surface area contributed by atoms with Crippen molar-refractivity contribution in [3.05, 3.63) is 12.7 Å². The van der Waals surface area contributed by atoms with E-state index < -0.39 is 0 Å². The van der Waals surface area contributed by atoms with E-state index in [0.717, 1.165) is 6.61 Å². The largest absolute Gasteiger partial charge is 0.373 e. The highest BCUT2D eigenvalue weighted by atomic mass is 16.6. The molecule has 0 spiro atoms. The Morgan fingerprint density at radius 2 is 1.47 bits per heavy atom. The predicted molar refractivity (Wildman–Crippen MR) is 66.1 cm³/mol. The first-order chi connectivity index (χ1) is 7.43. The quantitative estimate of drug-likeness (QED) is 0.278. The molecule has 0 radical (unpaired) electrons. The van der Waals surface area contributed by atoms with Crippen LogP contribution in [-0.2, 0) is 4.74 Å². The van der Waals surface area contributed by atoms with Crippen molar-refractivity contribution in [1.82, 2.24) is 0 Å². The molecular weight excluding hydrogens is 184 g/mol. The molecule has 0 aromatic heterocycles. The van der Waals surface area contributed by atoms with Gasteiger partial charge in [0.25, 0.3) is 0 Å². The van der Waals surface area contributed by atoms with Gasteiger partial charge in [-0.2, -0.15) is 0 Å². The Morgan fingerprint density at radius 1 is 0.933 bits per heavy atom. The van der Waals surface area contributed by atoms with Gasteiger partial charge in [-0.25, -0.2) is 0 Å². The summed E-state index contributed by atoms with van der Waals surface area (Å²) in [4.78, 5) is 0. The Labute approximate surface area is 94.9 Å². The number of epoxide rings is 1. The van der Waals surface area contributed by atoms with Crippen molar-refractivity contribution in [2.45, 2.75) is 70.3 Å². The van der Waals surface area contributed by atoms with Gasteiger partial charge < -0.3 is 4.74 Å². The highest BCUT2D eigenvalue weighted by Crippen LogP contribution is 2.18. The van der Waals surface area contributed by atoms with Crippen molar-refractivity contribution in [3.63, 3.8) is 0 Å². The van der Waals surface area contributed by atoms with Crippen molar-refractivity contribution in [1.29, 1.82) is 0 Å². The Bertz CT molecular complexity index is 149. The molecule has 1 rings (SSSR count). The monoisotopic (exact) mass is 210 g/mol. The van der Waals surface area contributed by atoms with Crippen LogP contribution in [0.25, 0.3) is 0 Å². The van der Waals surface area contributed by atoms with Gasteiger partial charge >= 0.3 is 0 Å². The summed E-state index contributed by atoms with van der Waals surface area (Å²) in [7, 11) is 0. The molecule has 1 unspecified atom stereocenters. The smallest absolute Gasteiger partial charge is 0.0810 e. The Morgan fingerprint density at radius 3 is 2.00 bits per heavy atom. The molecule has 1 aliphatic heterocycles. The molecule has 0 bridgehead atoms. The second-order valence-corrected chi connectivity index (χ2v) is 4.65. The van der Waals surface area contributed by atoms with Crippen molar-refractivity contribution in [2.24, 2.45) is 0 Å². The molecule has 0 aliphatic carbocycles. The lowest BCUT2D eigenvalue weighted by atomic mass is 10.1. The molecule has 1 heterocycles. The van der Waals surface area contributed by atoms with Crippen LogP contribution in [0, 0.1) is 0 Å². The van der Waals surface area contributed by atoms with Crippen molar-refractivity contribution >= 4 is 0 Å². The van der Waals surface area contributed by atoms with E-state index in [2.05, 4.69) is 6.58 Å². The highest BCUT2D eigenvalue weighted by molar-refractivity contribution is 4.68. The van der Waals surface area contributed by atoms with Crippen LogP contribution in [0.1, 0.15) is 64.2 Å². The van der Waals surface area contributed by atoms with Gasteiger partial charge in [0.05, 0.1) is 12.7 Å². The van der Waals surface area contributed by atoms with Crippen LogP contribution in [0.3, 0.4) is 0 Å². The first kappa shape index (κ1) is 12.8. The van der Waals surface area contributed by atoms with Gasteiger partial charge in [-0.05, 0) is 19.3 Å². The third-order valence-corrected chi connectivity index (χ3v) is 3.09. The van der Waals surface area contributed by atoms with E-state index in [-0.39, 0.29) is 0 Å². The molecule has 1 nitrogen and oxygen atoms in total. The average molecular weight is 210 g/mol. The van der Waals surface area contributed by atoms with E-state index >= 15 is 0 Å². The van der Waals surface area contributed by atoms with Gasteiger partial charge in [0.1, 0.15) is 0 Å². The second-order valence-electron chi connectivity index (χ2n) is 4.65. The molecule has 0 aromatic rings. The number of allylic oxidation sites excluding steroid dienone is 1. The van der Waals surface area contributed by atoms with Crippen LogP contribution in [0.15, 0.2) is 12.7 Å². The topological polar surface area (TPSA) is 12.5 Å². The number of hydrogen-bond acceptors (Lipinski definition) is 1. The van der Waals surface area contributed by atoms with Gasteiger partial charge in [-0.15, -0.1) is 6.58 Å². The number of unbranched alkanes of at least 4 members (excludes halogenated alkanes) is 8. The summed E-state index contributed by atoms with van der Waals surface area (Å²) in [6.45, 7) is 4.77. The molecule has 88 valence electrons. The second kappa shape index (κ2) is 8.96. The minimum absolute atomic E-state index is 0.643. The summed E-state index contributed by atoms with van der Waals surface area (Å²) in [6.07, 6.45) is 16.4. The van der Waals surface area contributed by atoms with E-state index in [1.54, 1.807) is 0 Å². The molecule has 1 aliphatic rings. The molecule has 1 saturated heterocycles.